The lowest BCUT2D eigenvalue weighted by molar-refractivity contribution is 0.175. The number of likely N-dealkylation sites (tertiary alicyclic amines) is 1. The topological polar surface area (TPSA) is 15.3 Å². The molecule has 1 N–H and O–H groups in total. The Labute approximate surface area is 129 Å². The van der Waals surface area contributed by atoms with Gasteiger partial charge in [0.15, 0.2) is 0 Å². The van der Waals surface area contributed by atoms with Gasteiger partial charge in [0.05, 0.1) is 0 Å². The van der Waals surface area contributed by atoms with Crippen molar-refractivity contribution in [1.29, 1.82) is 0 Å². The van der Waals surface area contributed by atoms with Gasteiger partial charge in [0.1, 0.15) is 0 Å². The highest BCUT2D eigenvalue weighted by Gasteiger charge is 2.19. The van der Waals surface area contributed by atoms with Gasteiger partial charge in [-0.25, -0.2) is 0 Å². The van der Waals surface area contributed by atoms with Crippen molar-refractivity contribution in [2.75, 3.05) is 26.2 Å². The van der Waals surface area contributed by atoms with Crippen molar-refractivity contribution in [2.45, 2.75) is 26.3 Å². The number of halogens is 2. The smallest absolute Gasteiger partial charge is 0.0410 e. The van der Waals surface area contributed by atoms with Crippen LogP contribution in [-0.2, 0) is 6.54 Å². The van der Waals surface area contributed by atoms with E-state index in [0.717, 1.165) is 28.5 Å². The molecule has 0 amide bonds. The Kier molecular flexibility index (Phi) is 6.14. The number of hydrogen-bond acceptors (Lipinski definition) is 2. The van der Waals surface area contributed by atoms with Crippen LogP contribution in [0, 0.1) is 5.92 Å². The first-order valence-electron chi connectivity index (χ1n) is 7.06. The molecule has 1 aromatic carbocycles. The van der Waals surface area contributed by atoms with Crippen molar-refractivity contribution < 1.29 is 0 Å². The highest BCUT2D eigenvalue weighted by molar-refractivity contribution is 9.10. The minimum absolute atomic E-state index is 0.820. The second-order valence-electron chi connectivity index (χ2n) is 5.26. The molecule has 1 saturated heterocycles. The summed E-state index contributed by atoms with van der Waals surface area (Å²) in [6.07, 6.45) is 2.59. The van der Waals surface area contributed by atoms with E-state index in [4.69, 9.17) is 11.6 Å². The molecular formula is C15H22BrClN2. The van der Waals surface area contributed by atoms with E-state index in [1.807, 2.05) is 12.1 Å². The van der Waals surface area contributed by atoms with Crippen LogP contribution in [0.2, 0.25) is 5.02 Å². The van der Waals surface area contributed by atoms with Gasteiger partial charge < -0.3 is 5.32 Å². The SMILES string of the molecule is CCNCC1CCN(Cc2cc(Cl)ccc2Br)CC1. The van der Waals surface area contributed by atoms with E-state index in [2.05, 4.69) is 39.1 Å². The molecule has 2 rings (SSSR count). The summed E-state index contributed by atoms with van der Waals surface area (Å²) in [5.41, 5.74) is 1.29. The molecule has 0 aliphatic carbocycles. The highest BCUT2D eigenvalue weighted by atomic mass is 79.9. The van der Waals surface area contributed by atoms with Crippen LogP contribution in [0.5, 0.6) is 0 Å². The Hall–Kier alpha value is -0.0900. The zero-order valence-electron chi connectivity index (χ0n) is 11.5. The van der Waals surface area contributed by atoms with Crippen LogP contribution in [0.4, 0.5) is 0 Å². The van der Waals surface area contributed by atoms with E-state index in [9.17, 15) is 0 Å². The summed E-state index contributed by atoms with van der Waals surface area (Å²) in [6.45, 7) is 7.80. The van der Waals surface area contributed by atoms with Gasteiger partial charge in [0.25, 0.3) is 0 Å². The Balaban J connectivity index is 1.83. The van der Waals surface area contributed by atoms with Gasteiger partial charge in [-0.2, -0.15) is 0 Å². The number of nitrogens with one attached hydrogen (secondary N) is 1. The molecule has 0 atom stereocenters. The minimum Gasteiger partial charge on any atom is -0.317 e. The maximum Gasteiger partial charge on any atom is 0.0410 e. The largest absolute Gasteiger partial charge is 0.317 e. The summed E-state index contributed by atoms with van der Waals surface area (Å²) in [5.74, 6) is 0.846. The molecule has 1 aromatic rings. The van der Waals surface area contributed by atoms with E-state index in [1.165, 1.54) is 38.0 Å². The summed E-state index contributed by atoms with van der Waals surface area (Å²) in [7, 11) is 0. The number of rotatable bonds is 5. The molecule has 0 radical (unpaired) electrons. The van der Waals surface area contributed by atoms with Crippen LogP contribution in [0.1, 0.15) is 25.3 Å². The molecule has 0 aromatic heterocycles. The van der Waals surface area contributed by atoms with Gasteiger partial charge in [-0.3, -0.25) is 4.90 Å². The third-order valence-electron chi connectivity index (χ3n) is 3.79. The van der Waals surface area contributed by atoms with Gasteiger partial charge in [0, 0.05) is 16.0 Å². The summed E-state index contributed by atoms with van der Waals surface area (Å²) < 4.78 is 1.16. The van der Waals surface area contributed by atoms with E-state index in [-0.39, 0.29) is 0 Å². The standard InChI is InChI=1S/C15H22BrClN2/c1-2-18-10-12-5-7-19(8-6-12)11-13-9-14(17)3-4-15(13)16/h3-4,9,12,18H,2,5-8,10-11H2,1H3. The van der Waals surface area contributed by atoms with Crippen molar-refractivity contribution in [3.05, 3.63) is 33.3 Å². The van der Waals surface area contributed by atoms with Crippen molar-refractivity contribution in [3.8, 4) is 0 Å². The van der Waals surface area contributed by atoms with Crippen LogP contribution < -0.4 is 5.32 Å². The molecule has 19 heavy (non-hydrogen) atoms. The first-order chi connectivity index (χ1) is 9.19. The molecule has 1 heterocycles. The fraction of sp³-hybridized carbons (Fsp3) is 0.600. The normalized spacial score (nSPS) is 17.8. The summed E-state index contributed by atoms with van der Waals surface area (Å²) in [6, 6.07) is 6.03. The summed E-state index contributed by atoms with van der Waals surface area (Å²) in [5, 5.41) is 4.28. The first kappa shape index (κ1) is 15.3. The van der Waals surface area contributed by atoms with Crippen LogP contribution in [0.3, 0.4) is 0 Å². The van der Waals surface area contributed by atoms with Crippen molar-refractivity contribution in [2.24, 2.45) is 5.92 Å². The molecule has 1 aliphatic heterocycles. The van der Waals surface area contributed by atoms with Gasteiger partial charge in [-0.05, 0) is 68.7 Å². The fourth-order valence-electron chi connectivity index (χ4n) is 2.60. The van der Waals surface area contributed by atoms with Gasteiger partial charge in [0.2, 0.25) is 0 Å². The molecule has 2 nitrogen and oxygen atoms in total. The molecule has 0 spiro atoms. The van der Waals surface area contributed by atoms with Crippen LogP contribution in [0.25, 0.3) is 0 Å². The maximum absolute atomic E-state index is 6.07. The lowest BCUT2D eigenvalue weighted by Crippen LogP contribution is -2.36. The van der Waals surface area contributed by atoms with Crippen molar-refractivity contribution in [3.63, 3.8) is 0 Å². The number of benzene rings is 1. The lowest BCUT2D eigenvalue weighted by Gasteiger charge is -2.32. The van der Waals surface area contributed by atoms with E-state index in [0.29, 0.717) is 0 Å². The first-order valence-corrected chi connectivity index (χ1v) is 8.23. The Morgan fingerprint density at radius 1 is 1.37 bits per heavy atom. The van der Waals surface area contributed by atoms with E-state index >= 15 is 0 Å². The third kappa shape index (κ3) is 4.75. The van der Waals surface area contributed by atoms with Crippen LogP contribution >= 0.6 is 27.5 Å². The average molecular weight is 346 g/mol. The molecule has 106 valence electrons. The number of nitrogens with zero attached hydrogens (tertiary/aromatic N) is 1. The molecular weight excluding hydrogens is 324 g/mol. The zero-order valence-corrected chi connectivity index (χ0v) is 13.8. The summed E-state index contributed by atoms with van der Waals surface area (Å²) in [4.78, 5) is 2.53. The Morgan fingerprint density at radius 2 is 2.11 bits per heavy atom. The third-order valence-corrected chi connectivity index (χ3v) is 4.80. The maximum atomic E-state index is 6.07. The van der Waals surface area contributed by atoms with E-state index < -0.39 is 0 Å². The second-order valence-corrected chi connectivity index (χ2v) is 6.55. The molecule has 4 heteroatoms. The Bertz CT molecular complexity index is 403. The average Bonchev–Trinajstić information content (AvgIpc) is 2.42. The molecule has 1 aliphatic rings. The molecule has 0 unspecified atom stereocenters. The van der Waals surface area contributed by atoms with Crippen LogP contribution in [-0.4, -0.2) is 31.1 Å². The quantitative estimate of drug-likeness (QED) is 0.870. The predicted molar refractivity (Wildman–Crippen MR) is 85.7 cm³/mol. The second kappa shape index (κ2) is 7.63. The van der Waals surface area contributed by atoms with Gasteiger partial charge >= 0.3 is 0 Å². The number of hydrogen-bond donors (Lipinski definition) is 1. The van der Waals surface area contributed by atoms with Crippen molar-refractivity contribution in [1.82, 2.24) is 10.2 Å². The van der Waals surface area contributed by atoms with Gasteiger partial charge in [-0.15, -0.1) is 0 Å². The number of piperidine rings is 1. The van der Waals surface area contributed by atoms with Crippen LogP contribution in [0.15, 0.2) is 22.7 Å². The molecule has 0 saturated carbocycles. The zero-order chi connectivity index (χ0) is 13.7. The molecule has 0 bridgehead atoms. The fourth-order valence-corrected chi connectivity index (χ4v) is 3.17. The van der Waals surface area contributed by atoms with Gasteiger partial charge in [-0.1, -0.05) is 34.5 Å². The highest BCUT2D eigenvalue weighted by Crippen LogP contribution is 2.25. The minimum atomic E-state index is 0.820. The molecule has 1 fully saturated rings. The van der Waals surface area contributed by atoms with E-state index in [1.54, 1.807) is 0 Å². The monoisotopic (exact) mass is 344 g/mol. The van der Waals surface area contributed by atoms with Crippen molar-refractivity contribution >= 4 is 27.5 Å². The summed E-state index contributed by atoms with van der Waals surface area (Å²) >= 11 is 9.68. The Morgan fingerprint density at radius 3 is 2.79 bits per heavy atom. The lowest BCUT2D eigenvalue weighted by atomic mass is 9.96. The predicted octanol–water partition coefficient (Wildman–Crippen LogP) is 3.92.